The van der Waals surface area contributed by atoms with Gasteiger partial charge in [-0.05, 0) is 19.1 Å². The third-order valence-electron chi connectivity index (χ3n) is 2.53. The lowest BCUT2D eigenvalue weighted by Crippen LogP contribution is -2.29. The number of thiocarbonyl (C=S) groups is 1. The number of rotatable bonds is 7. The Morgan fingerprint density at radius 1 is 1.30 bits per heavy atom. The molecule has 3 nitrogen and oxygen atoms in total. The Kier molecular flexibility index (Phi) is 6.22. The van der Waals surface area contributed by atoms with Crippen LogP contribution in [0, 0.1) is 0 Å². The summed E-state index contributed by atoms with van der Waals surface area (Å²) in [4.78, 5) is 0.211. The van der Waals surface area contributed by atoms with Crippen LogP contribution in [0.3, 0.4) is 0 Å². The third kappa shape index (κ3) is 5.34. The summed E-state index contributed by atoms with van der Waals surface area (Å²) in [6, 6.07) is 6.96. The Labute approximate surface area is 120 Å². The molecule has 0 bridgehead atoms. The van der Waals surface area contributed by atoms with E-state index in [1.54, 1.807) is 24.3 Å². The number of alkyl halides is 3. The van der Waals surface area contributed by atoms with Crippen molar-refractivity contribution in [2.45, 2.75) is 25.6 Å². The van der Waals surface area contributed by atoms with Crippen molar-refractivity contribution >= 4 is 17.2 Å². The fourth-order valence-corrected chi connectivity index (χ4v) is 1.56. The average molecular weight is 307 g/mol. The van der Waals surface area contributed by atoms with Crippen LogP contribution in [0.4, 0.5) is 13.2 Å². The third-order valence-corrected chi connectivity index (χ3v) is 2.75. The number of ether oxygens (including phenoxy) is 2. The highest BCUT2D eigenvalue weighted by molar-refractivity contribution is 7.80. The predicted molar refractivity (Wildman–Crippen MR) is 73.9 cm³/mol. The summed E-state index contributed by atoms with van der Waals surface area (Å²) in [6.45, 7) is 1.17. The second-order valence-corrected chi connectivity index (χ2v) is 4.56. The van der Waals surface area contributed by atoms with E-state index in [0.29, 0.717) is 17.7 Å². The molecular weight excluding hydrogens is 291 g/mol. The molecule has 0 heterocycles. The van der Waals surface area contributed by atoms with Crippen molar-refractivity contribution in [3.05, 3.63) is 29.8 Å². The van der Waals surface area contributed by atoms with Crippen LogP contribution in [-0.2, 0) is 4.74 Å². The van der Waals surface area contributed by atoms with Gasteiger partial charge in [0.2, 0.25) is 0 Å². The Morgan fingerprint density at radius 2 is 1.95 bits per heavy atom. The zero-order chi connectivity index (χ0) is 15.2. The van der Waals surface area contributed by atoms with Crippen LogP contribution in [0.25, 0.3) is 0 Å². The van der Waals surface area contributed by atoms with E-state index in [-0.39, 0.29) is 18.2 Å². The van der Waals surface area contributed by atoms with Crippen molar-refractivity contribution < 1.29 is 22.6 Å². The minimum absolute atomic E-state index is 0.0318. The molecule has 1 aromatic rings. The SMILES string of the molecule is CC(OCCCOc1ccccc1C(N)=S)C(F)(F)F. The Bertz CT molecular complexity index is 451. The zero-order valence-corrected chi connectivity index (χ0v) is 11.8. The molecule has 112 valence electrons. The summed E-state index contributed by atoms with van der Waals surface area (Å²) in [6.07, 6.45) is -5.77. The van der Waals surface area contributed by atoms with Gasteiger partial charge in [0.15, 0.2) is 6.10 Å². The molecule has 0 aliphatic heterocycles. The van der Waals surface area contributed by atoms with E-state index in [0.717, 1.165) is 6.92 Å². The lowest BCUT2D eigenvalue weighted by molar-refractivity contribution is -0.214. The first-order chi connectivity index (χ1) is 9.32. The van der Waals surface area contributed by atoms with Gasteiger partial charge in [0, 0.05) is 6.42 Å². The highest BCUT2D eigenvalue weighted by Gasteiger charge is 2.36. The van der Waals surface area contributed by atoms with Crippen molar-refractivity contribution in [2.75, 3.05) is 13.2 Å². The van der Waals surface area contributed by atoms with E-state index < -0.39 is 12.3 Å². The molecule has 20 heavy (non-hydrogen) atoms. The monoisotopic (exact) mass is 307 g/mol. The highest BCUT2D eigenvalue weighted by Crippen LogP contribution is 2.22. The molecule has 1 unspecified atom stereocenters. The molecule has 7 heteroatoms. The largest absolute Gasteiger partial charge is 0.493 e. The maximum Gasteiger partial charge on any atom is 0.414 e. The number of halogens is 3. The van der Waals surface area contributed by atoms with Crippen LogP contribution < -0.4 is 10.5 Å². The summed E-state index contributed by atoms with van der Waals surface area (Å²) in [5.41, 5.74) is 6.14. The fraction of sp³-hybridized carbons (Fsp3) is 0.462. The van der Waals surface area contributed by atoms with Gasteiger partial charge in [0.05, 0.1) is 18.8 Å². The second kappa shape index (κ2) is 7.44. The fourth-order valence-electron chi connectivity index (χ4n) is 1.39. The molecule has 1 rings (SSSR count). The number of hydrogen-bond donors (Lipinski definition) is 1. The van der Waals surface area contributed by atoms with Crippen molar-refractivity contribution in [3.8, 4) is 5.75 Å². The van der Waals surface area contributed by atoms with Gasteiger partial charge < -0.3 is 15.2 Å². The number of para-hydroxylation sites is 1. The molecule has 0 radical (unpaired) electrons. The van der Waals surface area contributed by atoms with Gasteiger partial charge in [-0.2, -0.15) is 13.2 Å². The number of benzene rings is 1. The maximum absolute atomic E-state index is 12.2. The van der Waals surface area contributed by atoms with Crippen molar-refractivity contribution in [3.63, 3.8) is 0 Å². The summed E-state index contributed by atoms with van der Waals surface area (Å²) in [5, 5.41) is 0. The van der Waals surface area contributed by atoms with E-state index in [4.69, 9.17) is 22.7 Å². The molecule has 0 amide bonds. The minimum Gasteiger partial charge on any atom is -0.493 e. The van der Waals surface area contributed by atoms with Gasteiger partial charge in [-0.3, -0.25) is 0 Å². The van der Waals surface area contributed by atoms with Gasteiger partial charge in [0.1, 0.15) is 10.7 Å². The van der Waals surface area contributed by atoms with Crippen LogP contribution in [0.1, 0.15) is 18.9 Å². The van der Waals surface area contributed by atoms with E-state index in [1.807, 2.05) is 0 Å². The van der Waals surface area contributed by atoms with Crippen LogP contribution in [0.2, 0.25) is 0 Å². The molecule has 0 spiro atoms. The molecular formula is C13H16F3NO2S. The normalized spacial score (nSPS) is 13.0. The van der Waals surface area contributed by atoms with Crippen molar-refractivity contribution in [2.24, 2.45) is 5.73 Å². The molecule has 0 fully saturated rings. The topological polar surface area (TPSA) is 44.5 Å². The van der Waals surface area contributed by atoms with E-state index in [1.165, 1.54) is 0 Å². The predicted octanol–water partition coefficient (Wildman–Crippen LogP) is 3.06. The Balaban J connectivity index is 2.34. The van der Waals surface area contributed by atoms with Crippen molar-refractivity contribution in [1.29, 1.82) is 0 Å². The van der Waals surface area contributed by atoms with Crippen LogP contribution in [0.5, 0.6) is 5.75 Å². The highest BCUT2D eigenvalue weighted by atomic mass is 32.1. The first-order valence-electron chi connectivity index (χ1n) is 6.02. The smallest absolute Gasteiger partial charge is 0.414 e. The molecule has 1 atom stereocenters. The zero-order valence-electron chi connectivity index (χ0n) is 10.9. The summed E-state index contributed by atoms with van der Waals surface area (Å²) < 4.78 is 46.6. The molecule has 0 aliphatic rings. The lowest BCUT2D eigenvalue weighted by Gasteiger charge is -2.16. The standard InChI is InChI=1S/C13H16F3NO2S/c1-9(13(14,15)16)18-7-4-8-19-11-6-3-2-5-10(11)12(17)20/h2-3,5-6,9H,4,7-8H2,1H3,(H2,17,20). The summed E-state index contributed by atoms with van der Waals surface area (Å²) in [7, 11) is 0. The van der Waals surface area contributed by atoms with E-state index in [2.05, 4.69) is 4.74 Å². The van der Waals surface area contributed by atoms with Crippen LogP contribution in [0.15, 0.2) is 24.3 Å². The van der Waals surface area contributed by atoms with E-state index in [9.17, 15) is 13.2 Å². The van der Waals surface area contributed by atoms with E-state index >= 15 is 0 Å². The van der Waals surface area contributed by atoms with Gasteiger partial charge >= 0.3 is 6.18 Å². The van der Waals surface area contributed by atoms with Crippen LogP contribution >= 0.6 is 12.2 Å². The van der Waals surface area contributed by atoms with Gasteiger partial charge in [0.25, 0.3) is 0 Å². The van der Waals surface area contributed by atoms with Crippen LogP contribution in [-0.4, -0.2) is 30.5 Å². The molecule has 1 aromatic carbocycles. The maximum atomic E-state index is 12.2. The first-order valence-corrected chi connectivity index (χ1v) is 6.43. The number of hydrogen-bond acceptors (Lipinski definition) is 3. The lowest BCUT2D eigenvalue weighted by atomic mass is 10.2. The van der Waals surface area contributed by atoms with Crippen molar-refractivity contribution in [1.82, 2.24) is 0 Å². The minimum atomic E-state index is -4.33. The average Bonchev–Trinajstić information content (AvgIpc) is 2.37. The molecule has 0 saturated carbocycles. The quantitative estimate of drug-likeness (QED) is 0.621. The summed E-state index contributed by atoms with van der Waals surface area (Å²) in [5.74, 6) is 0.517. The second-order valence-electron chi connectivity index (χ2n) is 4.12. The van der Waals surface area contributed by atoms with Gasteiger partial charge in [-0.15, -0.1) is 0 Å². The number of nitrogens with two attached hydrogens (primary N) is 1. The Hall–Kier alpha value is -1.34. The molecule has 0 saturated heterocycles. The summed E-state index contributed by atoms with van der Waals surface area (Å²) >= 11 is 4.87. The molecule has 0 aromatic heterocycles. The Morgan fingerprint density at radius 3 is 2.55 bits per heavy atom. The molecule has 0 aliphatic carbocycles. The molecule has 2 N–H and O–H groups in total. The van der Waals surface area contributed by atoms with Gasteiger partial charge in [-0.1, -0.05) is 24.4 Å². The first kappa shape index (κ1) is 16.7. The van der Waals surface area contributed by atoms with Gasteiger partial charge in [-0.25, -0.2) is 0 Å².